The molecule has 1 amide bonds. The second-order valence-corrected chi connectivity index (χ2v) is 11.1. The molecule has 1 aliphatic heterocycles. The third kappa shape index (κ3) is 4.64. The number of hydrogen-bond donors (Lipinski definition) is 1. The van der Waals surface area contributed by atoms with Crippen LogP contribution in [0.4, 0.5) is 15.5 Å². The van der Waals surface area contributed by atoms with E-state index < -0.39 is 16.9 Å². The largest absolute Gasteiger partial charge is 0.444 e. The lowest BCUT2D eigenvalue weighted by Crippen LogP contribution is -2.39. The minimum absolute atomic E-state index is 0.329. The first-order chi connectivity index (χ1) is 15.0. The number of ether oxygens (including phenoxy) is 1. The summed E-state index contributed by atoms with van der Waals surface area (Å²) in [6.07, 6.45) is 0.319. The van der Waals surface area contributed by atoms with Crippen LogP contribution in [0.15, 0.2) is 36.4 Å². The van der Waals surface area contributed by atoms with Crippen LogP contribution >= 0.6 is 22.9 Å². The Morgan fingerprint density at radius 2 is 1.97 bits per heavy atom. The Morgan fingerprint density at radius 1 is 1.22 bits per heavy atom. The Morgan fingerprint density at radius 3 is 2.66 bits per heavy atom. The molecular formula is C23H25ClN2O4S2. The molecule has 1 atom stereocenters. The maximum Gasteiger partial charge on any atom is 0.410 e. The number of rotatable bonds is 3. The Kier molecular flexibility index (Phi) is 6.24. The van der Waals surface area contributed by atoms with Crippen molar-refractivity contribution < 1.29 is 18.3 Å². The van der Waals surface area contributed by atoms with E-state index in [9.17, 15) is 13.6 Å². The normalized spacial score (nSPS) is 14.9. The first-order valence-corrected chi connectivity index (χ1v) is 12.5. The lowest BCUT2D eigenvalue weighted by Gasteiger charge is -2.32. The number of benzene rings is 2. The predicted molar refractivity (Wildman–Crippen MR) is 131 cm³/mol. The van der Waals surface area contributed by atoms with Crippen molar-refractivity contribution in [1.82, 2.24) is 4.90 Å². The second kappa shape index (κ2) is 8.67. The van der Waals surface area contributed by atoms with Gasteiger partial charge in [-0.15, -0.1) is 11.3 Å². The van der Waals surface area contributed by atoms with E-state index in [2.05, 4.69) is 0 Å². The van der Waals surface area contributed by atoms with Crippen LogP contribution in [-0.2, 0) is 29.0 Å². The third-order valence-electron chi connectivity index (χ3n) is 5.30. The molecule has 3 aromatic rings. The lowest BCUT2D eigenvalue weighted by atomic mass is 9.99. The summed E-state index contributed by atoms with van der Waals surface area (Å²) in [6.45, 7) is 8.47. The van der Waals surface area contributed by atoms with Crippen LogP contribution in [0.3, 0.4) is 0 Å². The zero-order valence-corrected chi connectivity index (χ0v) is 20.7. The minimum atomic E-state index is -2.25. The molecule has 4 rings (SSSR count). The van der Waals surface area contributed by atoms with Gasteiger partial charge in [0.25, 0.3) is 11.3 Å². The Hall–Kier alpha value is -2.13. The zero-order valence-electron chi connectivity index (χ0n) is 18.3. The van der Waals surface area contributed by atoms with Crippen molar-refractivity contribution in [3.05, 3.63) is 58.1 Å². The Balaban J connectivity index is 1.65. The van der Waals surface area contributed by atoms with E-state index in [-0.39, 0.29) is 6.09 Å². The highest BCUT2D eigenvalue weighted by atomic mass is 35.5. The molecule has 0 saturated carbocycles. The number of hydrogen-bond acceptors (Lipinski definition) is 4. The number of fused-ring (bicyclic) bond motifs is 2. The van der Waals surface area contributed by atoms with Crippen LogP contribution in [0, 0.1) is 6.92 Å². The van der Waals surface area contributed by atoms with Gasteiger partial charge in [0.05, 0.1) is 5.69 Å². The zero-order chi connectivity index (χ0) is 23.2. The summed E-state index contributed by atoms with van der Waals surface area (Å²) in [4.78, 5) is 14.1. The molecule has 1 aromatic heterocycles. The molecule has 170 valence electrons. The van der Waals surface area contributed by atoms with Crippen molar-refractivity contribution in [1.29, 1.82) is 0 Å². The van der Waals surface area contributed by atoms with Gasteiger partial charge in [-0.25, -0.2) is 13.3 Å². The van der Waals surface area contributed by atoms with E-state index >= 15 is 0 Å². The van der Waals surface area contributed by atoms with Crippen molar-refractivity contribution >= 4 is 61.1 Å². The Labute approximate surface area is 199 Å². The van der Waals surface area contributed by atoms with Crippen molar-refractivity contribution in [2.45, 2.75) is 46.3 Å². The first-order valence-electron chi connectivity index (χ1n) is 10.2. The molecule has 2 heterocycles. The van der Waals surface area contributed by atoms with E-state index in [4.69, 9.17) is 16.3 Å². The maximum absolute atomic E-state index is 12.4. The highest BCUT2D eigenvalue weighted by Crippen LogP contribution is 2.42. The fourth-order valence-electron chi connectivity index (χ4n) is 3.80. The summed E-state index contributed by atoms with van der Waals surface area (Å²) in [6, 6.07) is 11.3. The lowest BCUT2D eigenvalue weighted by molar-refractivity contribution is 0.0224. The predicted octanol–water partition coefficient (Wildman–Crippen LogP) is 6.43. The fraction of sp³-hybridized carbons (Fsp3) is 0.348. The van der Waals surface area contributed by atoms with Crippen LogP contribution < -0.4 is 4.31 Å². The van der Waals surface area contributed by atoms with E-state index in [1.165, 1.54) is 15.6 Å². The van der Waals surface area contributed by atoms with Gasteiger partial charge >= 0.3 is 6.09 Å². The van der Waals surface area contributed by atoms with E-state index in [0.717, 1.165) is 26.8 Å². The number of anilines is 2. The van der Waals surface area contributed by atoms with Gasteiger partial charge in [-0.05, 0) is 86.5 Å². The molecule has 0 spiro atoms. The van der Waals surface area contributed by atoms with Crippen LogP contribution in [0.25, 0.3) is 10.1 Å². The average Bonchev–Trinajstić information content (AvgIpc) is 3.02. The number of halogens is 1. The van der Waals surface area contributed by atoms with Gasteiger partial charge in [0, 0.05) is 22.8 Å². The Bertz CT molecular complexity index is 1220. The van der Waals surface area contributed by atoms with Gasteiger partial charge in [0.1, 0.15) is 10.6 Å². The van der Waals surface area contributed by atoms with E-state index in [1.807, 2.05) is 64.1 Å². The third-order valence-corrected chi connectivity index (χ3v) is 7.62. The fourth-order valence-corrected chi connectivity index (χ4v) is 5.97. The van der Waals surface area contributed by atoms with Crippen molar-refractivity contribution in [2.24, 2.45) is 0 Å². The van der Waals surface area contributed by atoms with Gasteiger partial charge in [0.2, 0.25) is 0 Å². The molecule has 2 aromatic carbocycles. The number of carbonyl (C=O) groups excluding carboxylic acids is 1. The molecule has 0 saturated heterocycles. The summed E-state index contributed by atoms with van der Waals surface area (Å²) in [7, 11) is 0. The summed E-state index contributed by atoms with van der Waals surface area (Å²) in [5.74, 6) is 0. The highest BCUT2D eigenvalue weighted by molar-refractivity contribution is 7.81. The van der Waals surface area contributed by atoms with Gasteiger partial charge in [-0.3, -0.25) is 4.55 Å². The van der Waals surface area contributed by atoms with Crippen molar-refractivity contribution in [2.75, 3.05) is 10.8 Å². The van der Waals surface area contributed by atoms with Gasteiger partial charge in [-0.2, -0.15) is 0 Å². The van der Waals surface area contributed by atoms with Gasteiger partial charge in [0.15, 0.2) is 0 Å². The average molecular weight is 493 g/mol. The molecule has 6 nitrogen and oxygen atoms in total. The first kappa shape index (κ1) is 23.0. The van der Waals surface area contributed by atoms with Gasteiger partial charge in [-0.1, -0.05) is 17.7 Å². The summed E-state index contributed by atoms with van der Waals surface area (Å²) in [5.41, 5.74) is 3.06. The molecule has 0 bridgehead atoms. The van der Waals surface area contributed by atoms with Gasteiger partial charge < -0.3 is 9.64 Å². The van der Waals surface area contributed by atoms with Crippen molar-refractivity contribution in [3.63, 3.8) is 0 Å². The quantitative estimate of drug-likeness (QED) is 0.427. The standard InChI is InChI=1S/C23H25ClN2O4S2/c1-14-19-12-17(24)6-8-20(19)31-21(14)26(32(28)29)18-7-5-16-13-25(10-9-15(16)11-18)22(27)30-23(2,3)4/h5-8,11-12H,9-10,13H2,1-4H3,(H,28,29). The topological polar surface area (TPSA) is 70.1 Å². The molecule has 1 unspecified atom stereocenters. The summed E-state index contributed by atoms with van der Waals surface area (Å²) >= 11 is 5.36. The van der Waals surface area contributed by atoms with Crippen LogP contribution in [-0.4, -0.2) is 31.9 Å². The molecule has 1 aliphatic rings. The SMILES string of the molecule is Cc1c(N(c2ccc3c(c2)CCN(C(=O)OC(C)(C)C)C3)S(=O)O)sc2ccc(Cl)cc12. The molecule has 0 fully saturated rings. The molecular weight excluding hydrogens is 468 g/mol. The highest BCUT2D eigenvalue weighted by Gasteiger charge is 2.27. The summed E-state index contributed by atoms with van der Waals surface area (Å²) < 4.78 is 30.5. The van der Waals surface area contributed by atoms with Crippen LogP contribution in [0.1, 0.15) is 37.5 Å². The number of amides is 1. The molecule has 32 heavy (non-hydrogen) atoms. The van der Waals surface area contributed by atoms with Crippen LogP contribution in [0.5, 0.6) is 0 Å². The smallest absolute Gasteiger partial charge is 0.410 e. The van der Waals surface area contributed by atoms with E-state index in [0.29, 0.717) is 35.2 Å². The monoisotopic (exact) mass is 492 g/mol. The molecule has 1 N–H and O–H groups in total. The second-order valence-electron chi connectivity index (χ2n) is 8.80. The number of thiophene rings is 1. The minimum Gasteiger partial charge on any atom is -0.444 e. The number of nitrogens with zero attached hydrogens (tertiary/aromatic N) is 2. The number of carbonyl (C=O) groups is 1. The number of aryl methyl sites for hydroxylation is 1. The molecule has 0 radical (unpaired) electrons. The van der Waals surface area contributed by atoms with Crippen LogP contribution in [0.2, 0.25) is 5.02 Å². The summed E-state index contributed by atoms with van der Waals surface area (Å²) in [5, 5.41) is 2.30. The van der Waals surface area contributed by atoms with Crippen molar-refractivity contribution in [3.8, 4) is 0 Å². The maximum atomic E-state index is 12.4. The molecule has 0 aliphatic carbocycles. The van der Waals surface area contributed by atoms with E-state index in [1.54, 1.807) is 4.90 Å². The molecule has 9 heteroatoms.